The summed E-state index contributed by atoms with van der Waals surface area (Å²) in [7, 11) is 0. The van der Waals surface area contributed by atoms with Gasteiger partial charge in [-0.25, -0.2) is 0 Å². The molecule has 16 heteroatoms. The fourth-order valence-electron chi connectivity index (χ4n) is 25.0. The molecular formula is C116H146Cl4N4O8. The Morgan fingerprint density at radius 1 is 0.167 bits per heavy atom. The summed E-state index contributed by atoms with van der Waals surface area (Å²) in [5.74, 6) is 0.968. The van der Waals surface area contributed by atoms with Crippen LogP contribution in [0.15, 0.2) is 74.8 Å². The molecule has 0 saturated carbocycles. The Morgan fingerprint density at radius 2 is 0.326 bits per heavy atom. The number of rotatable bonds is 60. The number of aromatic nitrogens is 4. The van der Waals surface area contributed by atoms with Crippen molar-refractivity contribution in [2.24, 2.45) is 23.7 Å². The van der Waals surface area contributed by atoms with E-state index in [0.717, 1.165) is 231 Å². The molecule has 0 bridgehead atoms. The average Bonchev–Trinajstić information content (AvgIpc) is 0.634. The minimum Gasteiger partial charge on any atom is -0.274 e. The summed E-state index contributed by atoms with van der Waals surface area (Å²) in [6.45, 7) is 18.5. The molecule has 0 spiro atoms. The van der Waals surface area contributed by atoms with Crippen molar-refractivity contribution in [2.45, 2.75) is 415 Å². The van der Waals surface area contributed by atoms with Crippen LogP contribution in [0, 0.1) is 23.7 Å². The minimum absolute atomic E-state index is 0.120. The van der Waals surface area contributed by atoms with E-state index in [1.807, 2.05) is 12.1 Å². The molecule has 0 saturated heterocycles. The van der Waals surface area contributed by atoms with Crippen LogP contribution in [0.25, 0.3) is 162 Å². The first-order valence-corrected chi connectivity index (χ1v) is 54.7. The third kappa shape index (κ3) is 18.5. The second kappa shape index (κ2) is 44.3. The topological polar surface area (TPSA) is 156 Å². The van der Waals surface area contributed by atoms with Gasteiger partial charge in [-0.15, -0.1) is 0 Å². The smallest absolute Gasteiger partial charge is 0.262 e. The maximum absolute atomic E-state index is 17.7. The van der Waals surface area contributed by atoms with Gasteiger partial charge >= 0.3 is 0 Å². The molecule has 4 atom stereocenters. The predicted molar refractivity (Wildman–Crippen MR) is 571 cm³/mol. The van der Waals surface area contributed by atoms with Gasteiger partial charge in [0, 0.05) is 154 Å². The lowest BCUT2D eigenvalue weighted by Crippen LogP contribution is -2.35. The molecule has 706 valence electrons. The van der Waals surface area contributed by atoms with E-state index in [9.17, 15) is 0 Å². The third-order valence-electron chi connectivity index (χ3n) is 32.1. The van der Waals surface area contributed by atoms with Gasteiger partial charge in [-0.1, -0.05) is 410 Å². The molecule has 4 unspecified atom stereocenters. The predicted octanol–water partition coefficient (Wildman–Crippen LogP) is 33.5. The molecule has 12 nitrogen and oxygen atoms in total. The van der Waals surface area contributed by atoms with E-state index in [0.29, 0.717) is 144 Å². The number of hydrogen-bond donors (Lipinski definition) is 0. The normalized spacial score (nSPS) is 13.8. The number of nitrogens with zero attached hydrogens (tertiary/aromatic N) is 4. The van der Waals surface area contributed by atoms with Crippen molar-refractivity contribution in [1.29, 1.82) is 0 Å². The van der Waals surface area contributed by atoms with E-state index in [4.69, 9.17) is 46.4 Å². The van der Waals surface area contributed by atoms with E-state index >= 15 is 38.4 Å². The molecule has 4 heterocycles. The van der Waals surface area contributed by atoms with Gasteiger partial charge in [0.15, 0.2) is 0 Å². The van der Waals surface area contributed by atoms with Gasteiger partial charge in [-0.05, 0) is 107 Å². The van der Waals surface area contributed by atoms with Crippen LogP contribution in [0.2, 0.25) is 20.1 Å². The maximum atomic E-state index is 17.7. The molecule has 132 heavy (non-hydrogen) atoms. The highest BCUT2D eigenvalue weighted by molar-refractivity contribution is 6.64. The lowest BCUT2D eigenvalue weighted by molar-refractivity contribution is 0.359. The van der Waals surface area contributed by atoms with Crippen molar-refractivity contribution in [3.63, 3.8) is 0 Å². The summed E-state index contributed by atoms with van der Waals surface area (Å²) in [4.78, 5) is 135. The highest BCUT2D eigenvalue weighted by Crippen LogP contribution is 2.62. The van der Waals surface area contributed by atoms with Gasteiger partial charge in [-0.3, -0.25) is 56.6 Å². The molecule has 0 aliphatic rings. The summed E-state index contributed by atoms with van der Waals surface area (Å²) < 4.78 is 5.80. The fourth-order valence-corrected chi connectivity index (χ4v) is 26.2. The molecule has 0 radical (unpaired) electrons. The highest BCUT2D eigenvalue weighted by Gasteiger charge is 2.39. The number of pyridine rings is 4. The third-order valence-corrected chi connectivity index (χ3v) is 33.3. The van der Waals surface area contributed by atoms with Gasteiger partial charge in [0.2, 0.25) is 0 Å². The van der Waals surface area contributed by atoms with Gasteiger partial charge in [0.1, 0.15) is 0 Å². The van der Waals surface area contributed by atoms with Crippen LogP contribution in [0.3, 0.4) is 0 Å². The van der Waals surface area contributed by atoms with Crippen LogP contribution in [-0.2, 0) is 26.2 Å². The number of unbranched alkanes of at least 4 members (excludes halogenated alkanes) is 32. The summed E-state index contributed by atoms with van der Waals surface area (Å²) >= 11 is 32.7. The lowest BCUT2D eigenvalue weighted by atomic mass is 9.73. The lowest BCUT2D eigenvalue weighted by Gasteiger charge is -2.30. The molecule has 4 aromatic heterocycles. The van der Waals surface area contributed by atoms with Crippen LogP contribution in [0.1, 0.15) is 389 Å². The Bertz CT molecular complexity index is 6740. The van der Waals surface area contributed by atoms with Crippen LogP contribution in [0.5, 0.6) is 0 Å². The zero-order valence-electron chi connectivity index (χ0n) is 80.9. The van der Waals surface area contributed by atoms with Crippen molar-refractivity contribution in [3.8, 4) is 0 Å². The van der Waals surface area contributed by atoms with Gasteiger partial charge < -0.3 is 0 Å². The van der Waals surface area contributed by atoms with Gasteiger partial charge in [-0.2, -0.15) is 0 Å². The first kappa shape index (κ1) is 97.6. The monoisotopic (exact) mass is 1860 g/mol. The van der Waals surface area contributed by atoms with Crippen molar-refractivity contribution in [3.05, 3.63) is 139 Å². The molecule has 12 aromatic carbocycles. The largest absolute Gasteiger partial charge is 0.274 e. The van der Waals surface area contributed by atoms with E-state index in [-0.39, 0.29) is 113 Å². The average molecular weight is 1870 g/mol. The van der Waals surface area contributed by atoms with Crippen LogP contribution in [0.4, 0.5) is 0 Å². The van der Waals surface area contributed by atoms with E-state index in [2.05, 4.69) is 55.4 Å². The molecule has 16 aromatic rings. The molecule has 0 aliphatic heterocycles. The van der Waals surface area contributed by atoms with Crippen molar-refractivity contribution in [2.75, 3.05) is 0 Å². The van der Waals surface area contributed by atoms with Crippen LogP contribution >= 0.6 is 46.4 Å². The van der Waals surface area contributed by atoms with Crippen LogP contribution in [-0.4, -0.2) is 18.3 Å². The highest BCUT2D eigenvalue weighted by atomic mass is 35.5. The van der Waals surface area contributed by atoms with Crippen molar-refractivity contribution >= 4 is 208 Å². The Balaban J connectivity index is 1.05. The second-order valence-electron chi connectivity index (χ2n) is 41.1. The van der Waals surface area contributed by atoms with Gasteiger partial charge in [0.25, 0.3) is 44.5 Å². The molecule has 0 aliphatic carbocycles. The molecule has 16 rings (SSSR count). The standard InChI is InChI=1S/C116H146Cl4N4O8/c1-9-17-25-33-37-45-53-71(49-41-29-21-13-5)57-61-121-109(125)77-65-75-89-99-87(77)79(111(121)127)67-83(117)95(99)97-85(119)69-82-94-101(97)103(89)106-92(108(94)116(132)124(114(82)130)64-60-74(52-44-32-24-16-8)56-48-40-36-28-20-12-4)76-66-78-88-80(112(128)122(110(78)126)62-58-72(50-42-30-22-14-6)54-46-38-34-26-18-10-2)68-84(118)96-98-86(120)70-81-93-102(98)104(90(76)100(88)96)105(106)91(75)107(93)115(131)123(113(81)129)63-59-73(51-43-31-23-15-7)55-47-39-35-27-19-11-3/h65-74H,9-64H2,1-8H3. The Hall–Kier alpha value is -7.48. The fraction of sp³-hybridized carbons (Fsp3) is 0.586. The summed E-state index contributed by atoms with van der Waals surface area (Å²) in [6.07, 6.45) is 55.4. The molecule has 0 N–H and O–H groups in total. The quantitative estimate of drug-likeness (QED) is 0.0207. The first-order valence-electron chi connectivity index (χ1n) is 53.2. The summed E-state index contributed by atoms with van der Waals surface area (Å²) in [5.41, 5.74) is -3.85. The van der Waals surface area contributed by atoms with Crippen molar-refractivity contribution in [1.82, 2.24) is 18.3 Å². The van der Waals surface area contributed by atoms with Crippen LogP contribution < -0.4 is 44.5 Å². The number of hydrogen-bond acceptors (Lipinski definition) is 8. The number of fused-ring (bicyclic) bond motifs is 6. The van der Waals surface area contributed by atoms with E-state index in [1.165, 1.54) is 95.3 Å². The van der Waals surface area contributed by atoms with Gasteiger partial charge in [0.05, 0.1) is 32.3 Å². The maximum Gasteiger partial charge on any atom is 0.262 e. The zero-order valence-corrected chi connectivity index (χ0v) is 84.0. The first-order chi connectivity index (χ1) is 64.3. The molecule has 0 fully saturated rings. The Kier molecular flexibility index (Phi) is 32.8. The number of benzene rings is 12. The molecule has 0 amide bonds. The Morgan fingerprint density at radius 3 is 0.553 bits per heavy atom. The summed E-state index contributed by atoms with van der Waals surface area (Å²) in [6, 6.07) is 10.7. The zero-order chi connectivity index (χ0) is 92.7. The molecular weight excluding hydrogens is 1720 g/mol. The van der Waals surface area contributed by atoms with E-state index in [1.54, 1.807) is 24.3 Å². The van der Waals surface area contributed by atoms with Crippen molar-refractivity contribution < 1.29 is 0 Å². The Labute approximate surface area is 799 Å². The second-order valence-corrected chi connectivity index (χ2v) is 42.7. The SMILES string of the molecule is CCCCCCCCC(CCCCCC)CCn1c(=O)c2cc(Cl)c3c4c(Cl)cc5c(=O)n(CCC(CCCCCC)CCCCCCCC)c(=O)c6c5c4c4c5c(cc(c1=O)c2c35)c1c2c(=O)n(CCC(CCCCCC)CCCCCCCC)c(=O)c3cc(Cl)c5c7c(Cl)cc8c(=O)n(CCC(CCCCCC)CCCCCCCC)c(=O)c9cc%10c6c4c1c(c%10c7c89)c5c32. The number of halogens is 4. The minimum atomic E-state index is -0.513. The van der Waals surface area contributed by atoms with E-state index < -0.39 is 44.5 Å². The summed E-state index contributed by atoms with van der Waals surface area (Å²) in [5, 5.41) is 13.1.